The average molecular weight is 330 g/mol. The Morgan fingerprint density at radius 2 is 2.16 bits per heavy atom. The molecule has 0 saturated carbocycles. The van der Waals surface area contributed by atoms with Crippen LogP contribution in [0.25, 0.3) is 0 Å². The number of rotatable bonds is 5. The van der Waals surface area contributed by atoms with Gasteiger partial charge in [-0.3, -0.25) is 9.59 Å². The predicted molar refractivity (Wildman–Crippen MR) is 78.0 cm³/mol. The summed E-state index contributed by atoms with van der Waals surface area (Å²) in [6, 6.07) is 1.80. The molecule has 1 aromatic heterocycles. The van der Waals surface area contributed by atoms with Crippen molar-refractivity contribution in [2.45, 2.75) is 20.4 Å². The van der Waals surface area contributed by atoms with E-state index in [0.717, 1.165) is 11.0 Å². The third kappa shape index (κ3) is 3.83. The van der Waals surface area contributed by atoms with E-state index in [4.69, 9.17) is 0 Å². The lowest BCUT2D eigenvalue weighted by Crippen LogP contribution is -2.38. The lowest BCUT2D eigenvalue weighted by molar-refractivity contribution is -0.124. The quantitative estimate of drug-likeness (QED) is 0.894. The first-order valence-electron chi connectivity index (χ1n) is 6.23. The van der Waals surface area contributed by atoms with Gasteiger partial charge in [-0.15, -0.1) is 0 Å². The van der Waals surface area contributed by atoms with Crippen molar-refractivity contribution in [1.29, 1.82) is 0 Å². The topological polar surface area (TPSA) is 54.3 Å². The Morgan fingerprint density at radius 1 is 1.53 bits per heavy atom. The molecular formula is C13H20BrN3O2. The van der Waals surface area contributed by atoms with Gasteiger partial charge in [0.1, 0.15) is 5.69 Å². The smallest absolute Gasteiger partial charge is 0.270 e. The number of carbonyl (C=O) groups is 2. The molecule has 0 aliphatic carbocycles. The summed E-state index contributed by atoms with van der Waals surface area (Å²) in [6.07, 6.45) is 1.88. The van der Waals surface area contributed by atoms with Crippen LogP contribution in [-0.2, 0) is 11.3 Å². The summed E-state index contributed by atoms with van der Waals surface area (Å²) in [7, 11) is 3.31. The van der Waals surface area contributed by atoms with Crippen molar-refractivity contribution in [1.82, 2.24) is 14.8 Å². The zero-order valence-corrected chi connectivity index (χ0v) is 13.3. The Bertz CT molecular complexity index is 470. The second-order valence-electron chi connectivity index (χ2n) is 4.53. The van der Waals surface area contributed by atoms with Crippen LogP contribution in [0.2, 0.25) is 0 Å². The summed E-state index contributed by atoms with van der Waals surface area (Å²) in [5.74, 6) is -0.373. The number of halogens is 1. The number of hydrogen-bond acceptors (Lipinski definition) is 2. The van der Waals surface area contributed by atoms with Gasteiger partial charge in [0.05, 0.1) is 5.92 Å². The van der Waals surface area contributed by atoms with Gasteiger partial charge in [0.25, 0.3) is 5.91 Å². The summed E-state index contributed by atoms with van der Waals surface area (Å²) in [4.78, 5) is 25.4. The lowest BCUT2D eigenvalue weighted by Gasteiger charge is -2.21. The molecule has 0 fully saturated rings. The van der Waals surface area contributed by atoms with E-state index >= 15 is 0 Å². The largest absolute Gasteiger partial charge is 0.359 e. The van der Waals surface area contributed by atoms with E-state index in [1.54, 1.807) is 32.0 Å². The Morgan fingerprint density at radius 3 is 2.68 bits per heavy atom. The highest BCUT2D eigenvalue weighted by Gasteiger charge is 2.20. The van der Waals surface area contributed by atoms with Gasteiger partial charge in [-0.05, 0) is 28.9 Å². The van der Waals surface area contributed by atoms with Gasteiger partial charge in [-0.2, -0.15) is 0 Å². The van der Waals surface area contributed by atoms with E-state index in [1.165, 1.54) is 0 Å². The Hall–Kier alpha value is -1.30. The number of carbonyl (C=O) groups excluding carboxylic acids is 2. The van der Waals surface area contributed by atoms with Crippen LogP contribution in [0.4, 0.5) is 0 Å². The summed E-state index contributed by atoms with van der Waals surface area (Å²) in [6.45, 7) is 4.91. The molecule has 1 atom stereocenters. The maximum Gasteiger partial charge on any atom is 0.270 e. The highest BCUT2D eigenvalue weighted by molar-refractivity contribution is 9.10. The van der Waals surface area contributed by atoms with Gasteiger partial charge >= 0.3 is 0 Å². The summed E-state index contributed by atoms with van der Waals surface area (Å²) >= 11 is 3.37. The maximum absolute atomic E-state index is 12.3. The summed E-state index contributed by atoms with van der Waals surface area (Å²) < 4.78 is 2.76. The molecule has 1 aromatic rings. The maximum atomic E-state index is 12.3. The molecule has 0 aromatic carbocycles. The van der Waals surface area contributed by atoms with Gasteiger partial charge in [-0.1, -0.05) is 6.92 Å². The lowest BCUT2D eigenvalue weighted by atomic mass is 10.1. The minimum atomic E-state index is -0.229. The molecule has 2 amide bonds. The van der Waals surface area contributed by atoms with Crippen LogP contribution in [0, 0.1) is 5.92 Å². The minimum absolute atomic E-state index is 0.0632. The van der Waals surface area contributed by atoms with Crippen LogP contribution in [0.5, 0.6) is 0 Å². The fourth-order valence-corrected chi connectivity index (χ4v) is 2.40. The zero-order chi connectivity index (χ0) is 14.6. The molecule has 19 heavy (non-hydrogen) atoms. The van der Waals surface area contributed by atoms with E-state index in [0.29, 0.717) is 12.2 Å². The van der Waals surface area contributed by atoms with Crippen molar-refractivity contribution < 1.29 is 9.59 Å². The second kappa shape index (κ2) is 6.75. The van der Waals surface area contributed by atoms with Crippen molar-refractivity contribution >= 4 is 27.7 Å². The predicted octanol–water partition coefficient (Wildman–Crippen LogP) is 1.72. The second-order valence-corrected chi connectivity index (χ2v) is 5.45. The SMILES string of the molecule is CCn1cc(Br)cc1C(=O)N(C)CC(C)C(=O)NC. The van der Waals surface area contributed by atoms with Crippen molar-refractivity contribution in [3.63, 3.8) is 0 Å². The van der Waals surface area contributed by atoms with E-state index in [-0.39, 0.29) is 17.7 Å². The molecule has 0 radical (unpaired) electrons. The number of aryl methyl sites for hydroxylation is 1. The summed E-state index contributed by atoms with van der Waals surface area (Å²) in [5, 5.41) is 2.59. The molecule has 5 nitrogen and oxygen atoms in total. The van der Waals surface area contributed by atoms with E-state index in [9.17, 15) is 9.59 Å². The Balaban J connectivity index is 2.79. The minimum Gasteiger partial charge on any atom is -0.359 e. The van der Waals surface area contributed by atoms with Crippen LogP contribution in [-0.4, -0.2) is 41.9 Å². The number of amides is 2. The number of hydrogen-bond donors (Lipinski definition) is 1. The van der Waals surface area contributed by atoms with Crippen LogP contribution in [0.1, 0.15) is 24.3 Å². The molecule has 1 unspecified atom stereocenters. The Kier molecular flexibility index (Phi) is 5.60. The van der Waals surface area contributed by atoms with Gasteiger partial charge in [0.15, 0.2) is 0 Å². The van der Waals surface area contributed by atoms with Crippen molar-refractivity contribution in [2.24, 2.45) is 5.92 Å². The van der Waals surface area contributed by atoms with Crippen molar-refractivity contribution in [3.8, 4) is 0 Å². The molecule has 1 N–H and O–H groups in total. The normalized spacial score (nSPS) is 12.1. The Labute approximate surface area is 122 Å². The average Bonchev–Trinajstić information content (AvgIpc) is 2.77. The molecular weight excluding hydrogens is 310 g/mol. The van der Waals surface area contributed by atoms with Gasteiger partial charge < -0.3 is 14.8 Å². The fourth-order valence-electron chi connectivity index (χ4n) is 1.93. The highest BCUT2D eigenvalue weighted by atomic mass is 79.9. The van der Waals surface area contributed by atoms with Gasteiger partial charge in [0, 0.05) is 37.9 Å². The first kappa shape index (κ1) is 15.8. The van der Waals surface area contributed by atoms with Gasteiger partial charge in [-0.25, -0.2) is 0 Å². The third-order valence-electron chi connectivity index (χ3n) is 3.01. The molecule has 1 heterocycles. The van der Waals surface area contributed by atoms with E-state index in [2.05, 4.69) is 21.2 Å². The van der Waals surface area contributed by atoms with Crippen molar-refractivity contribution in [3.05, 3.63) is 22.4 Å². The third-order valence-corrected chi connectivity index (χ3v) is 3.45. The van der Waals surface area contributed by atoms with E-state index < -0.39 is 0 Å². The molecule has 1 rings (SSSR count). The summed E-state index contributed by atoms with van der Waals surface area (Å²) in [5.41, 5.74) is 0.626. The monoisotopic (exact) mass is 329 g/mol. The molecule has 0 aliphatic rings. The standard InChI is InChI=1S/C13H20BrN3O2/c1-5-17-8-10(14)6-11(17)13(19)16(4)7-9(2)12(18)15-3/h6,8-9H,5,7H2,1-4H3,(H,15,18). The number of nitrogens with zero attached hydrogens (tertiary/aromatic N) is 2. The zero-order valence-electron chi connectivity index (χ0n) is 11.7. The number of nitrogens with one attached hydrogen (secondary N) is 1. The van der Waals surface area contributed by atoms with Crippen LogP contribution >= 0.6 is 15.9 Å². The van der Waals surface area contributed by atoms with Crippen LogP contribution in [0.3, 0.4) is 0 Å². The molecule has 0 bridgehead atoms. The molecule has 0 saturated heterocycles. The van der Waals surface area contributed by atoms with Crippen LogP contribution in [0.15, 0.2) is 16.7 Å². The molecule has 106 valence electrons. The van der Waals surface area contributed by atoms with E-state index in [1.807, 2.05) is 17.7 Å². The first-order chi connectivity index (χ1) is 8.90. The molecule has 0 aliphatic heterocycles. The number of aromatic nitrogens is 1. The molecule has 6 heteroatoms. The fraction of sp³-hybridized carbons (Fsp3) is 0.538. The molecule has 0 spiro atoms. The van der Waals surface area contributed by atoms with Crippen molar-refractivity contribution in [2.75, 3.05) is 20.6 Å². The first-order valence-corrected chi connectivity index (χ1v) is 7.02. The van der Waals surface area contributed by atoms with Crippen LogP contribution < -0.4 is 5.32 Å². The van der Waals surface area contributed by atoms with Gasteiger partial charge in [0.2, 0.25) is 5.91 Å². The highest BCUT2D eigenvalue weighted by Crippen LogP contribution is 2.16.